The van der Waals surface area contributed by atoms with Gasteiger partial charge in [0.05, 0.1) is 10.2 Å². The molecule has 2 N–H and O–H groups in total. The summed E-state index contributed by atoms with van der Waals surface area (Å²) < 4.78 is 34.2. The molecule has 2 heterocycles. The Kier molecular flexibility index (Phi) is 4.93. The Labute approximate surface area is 184 Å². The first kappa shape index (κ1) is 20.3. The summed E-state index contributed by atoms with van der Waals surface area (Å²) in [6.45, 7) is 0.00875. The zero-order valence-corrected chi connectivity index (χ0v) is 17.3. The van der Waals surface area contributed by atoms with E-state index in [4.69, 9.17) is 4.74 Å². The highest BCUT2D eigenvalue weighted by molar-refractivity contribution is 7.22. The van der Waals surface area contributed by atoms with Crippen molar-refractivity contribution in [2.45, 2.75) is 12.8 Å². The molecule has 0 unspecified atom stereocenters. The van der Waals surface area contributed by atoms with E-state index < -0.39 is 17.2 Å². The Morgan fingerprint density at radius 2 is 1.94 bits per heavy atom. The highest BCUT2D eigenvalue weighted by Crippen LogP contribution is 2.46. The molecule has 2 aromatic carbocycles. The average molecular weight is 454 g/mol. The van der Waals surface area contributed by atoms with Crippen LogP contribution in [-0.4, -0.2) is 32.6 Å². The van der Waals surface area contributed by atoms with Crippen LogP contribution in [0.5, 0.6) is 6.01 Å². The molecule has 1 saturated carbocycles. The molecular weight excluding hydrogens is 438 g/mol. The fourth-order valence-electron chi connectivity index (χ4n) is 3.21. The van der Waals surface area contributed by atoms with Crippen LogP contribution in [0, 0.1) is 17.0 Å². The first-order chi connectivity index (χ1) is 15.4. The van der Waals surface area contributed by atoms with Crippen molar-refractivity contribution in [2.24, 2.45) is 5.41 Å². The van der Waals surface area contributed by atoms with Crippen molar-refractivity contribution in [2.75, 3.05) is 11.9 Å². The van der Waals surface area contributed by atoms with E-state index >= 15 is 0 Å². The summed E-state index contributed by atoms with van der Waals surface area (Å²) in [5.74, 6) is -1.71. The predicted octanol–water partition coefficient (Wildman–Crippen LogP) is 5.02. The molecule has 1 aliphatic carbocycles. The van der Waals surface area contributed by atoms with Crippen LogP contribution >= 0.6 is 11.3 Å². The van der Waals surface area contributed by atoms with Gasteiger partial charge in [0, 0.05) is 29.2 Å². The van der Waals surface area contributed by atoms with E-state index in [1.165, 1.54) is 41.9 Å². The first-order valence-corrected chi connectivity index (χ1v) is 10.5. The van der Waals surface area contributed by atoms with Crippen LogP contribution in [0.4, 0.5) is 19.6 Å². The van der Waals surface area contributed by atoms with Crippen molar-refractivity contribution in [3.63, 3.8) is 0 Å². The number of rotatable bonds is 7. The molecule has 162 valence electrons. The molecule has 0 bridgehead atoms. The van der Waals surface area contributed by atoms with Gasteiger partial charge in [-0.3, -0.25) is 4.79 Å². The van der Waals surface area contributed by atoms with E-state index in [0.29, 0.717) is 45.0 Å². The van der Waals surface area contributed by atoms with Gasteiger partial charge in [-0.1, -0.05) is 11.3 Å². The zero-order chi connectivity index (χ0) is 22.3. The highest BCUT2D eigenvalue weighted by atomic mass is 32.1. The van der Waals surface area contributed by atoms with Gasteiger partial charge in [-0.05, 0) is 49.2 Å². The Morgan fingerprint density at radius 3 is 2.62 bits per heavy atom. The molecule has 1 fully saturated rings. The van der Waals surface area contributed by atoms with E-state index in [2.05, 4.69) is 20.3 Å². The minimum atomic E-state index is -0.886. The molecule has 1 aliphatic rings. The predicted molar refractivity (Wildman–Crippen MR) is 115 cm³/mol. The molecule has 4 aromatic rings. The Bertz CT molecular complexity index is 1320. The maximum Gasteiger partial charge on any atom is 0.316 e. The summed E-state index contributed by atoms with van der Waals surface area (Å²) in [4.78, 5) is 23.7. The van der Waals surface area contributed by atoms with Crippen molar-refractivity contribution < 1.29 is 23.4 Å². The van der Waals surface area contributed by atoms with E-state index in [-0.39, 0.29) is 18.4 Å². The van der Waals surface area contributed by atoms with E-state index in [1.54, 1.807) is 18.2 Å². The number of hydrogen-bond acceptors (Lipinski definition) is 7. The van der Waals surface area contributed by atoms with Crippen LogP contribution in [0.2, 0.25) is 0 Å². The minimum absolute atomic E-state index is 0.00875. The Balaban J connectivity index is 1.28. The average Bonchev–Trinajstić information content (AvgIpc) is 3.47. The van der Waals surface area contributed by atoms with Crippen LogP contribution in [-0.2, 0) is 4.79 Å². The largest absolute Gasteiger partial charge is 0.481 e. The molecule has 0 radical (unpaired) electrons. The molecule has 5 rings (SSSR count). The number of aromatic nitrogens is 3. The zero-order valence-electron chi connectivity index (χ0n) is 16.5. The Morgan fingerprint density at radius 1 is 1.16 bits per heavy atom. The van der Waals surface area contributed by atoms with Crippen molar-refractivity contribution in [3.05, 3.63) is 60.4 Å². The van der Waals surface area contributed by atoms with E-state index in [1.807, 2.05) is 0 Å². The van der Waals surface area contributed by atoms with Gasteiger partial charge in [-0.2, -0.15) is 0 Å². The van der Waals surface area contributed by atoms with Crippen LogP contribution in [0.25, 0.3) is 21.3 Å². The van der Waals surface area contributed by atoms with Gasteiger partial charge in [-0.25, -0.2) is 23.7 Å². The number of carbonyl (C=O) groups is 1. The number of carboxylic acid groups (broad SMARTS) is 1. The molecule has 0 aliphatic heterocycles. The van der Waals surface area contributed by atoms with Gasteiger partial charge < -0.3 is 15.2 Å². The monoisotopic (exact) mass is 454 g/mol. The lowest BCUT2D eigenvalue weighted by Crippen LogP contribution is -2.23. The second kappa shape index (κ2) is 7.79. The number of hydrogen-bond donors (Lipinski definition) is 2. The maximum atomic E-state index is 14.7. The molecule has 2 aromatic heterocycles. The van der Waals surface area contributed by atoms with Gasteiger partial charge >= 0.3 is 12.0 Å². The van der Waals surface area contributed by atoms with Gasteiger partial charge in [0.15, 0.2) is 5.13 Å². The topological polar surface area (TPSA) is 97.2 Å². The quantitative estimate of drug-likeness (QED) is 0.405. The standard InChI is InChI=1S/C22H16F2N4O3S/c23-13-1-4-17-18(7-13)32-21(28-17)27-14-2-3-15(16(24)8-14)12-9-25-20(26-10-12)31-11-22(5-6-22)19(29)30/h1-4,7-10H,5-6,11H2,(H,27,28)(H,29,30). The number of anilines is 2. The normalized spacial score (nSPS) is 14.3. The number of thiazole rings is 1. The van der Waals surface area contributed by atoms with Gasteiger partial charge in [0.25, 0.3) is 0 Å². The van der Waals surface area contributed by atoms with Gasteiger partial charge in [0.1, 0.15) is 23.7 Å². The number of fused-ring (bicyclic) bond motifs is 1. The maximum absolute atomic E-state index is 14.7. The van der Waals surface area contributed by atoms with Crippen molar-refractivity contribution in [1.82, 2.24) is 15.0 Å². The molecule has 0 amide bonds. The van der Waals surface area contributed by atoms with Crippen LogP contribution < -0.4 is 10.1 Å². The van der Waals surface area contributed by atoms with E-state index in [0.717, 1.165) is 0 Å². The van der Waals surface area contributed by atoms with Crippen LogP contribution in [0.1, 0.15) is 12.8 Å². The summed E-state index contributed by atoms with van der Waals surface area (Å²) >= 11 is 1.27. The van der Waals surface area contributed by atoms with E-state index in [9.17, 15) is 18.7 Å². The summed E-state index contributed by atoms with van der Waals surface area (Å²) in [5.41, 5.74) is 1.07. The lowest BCUT2D eigenvalue weighted by molar-refractivity contribution is -0.144. The Hall–Kier alpha value is -3.66. The molecule has 0 spiro atoms. The summed E-state index contributed by atoms with van der Waals surface area (Å²) in [5, 5.41) is 12.7. The fraction of sp³-hybridized carbons (Fsp3) is 0.182. The molecular formula is C22H16F2N4O3S. The molecule has 0 saturated heterocycles. The summed E-state index contributed by atoms with van der Waals surface area (Å²) in [6, 6.07) is 9.00. The fourth-order valence-corrected chi connectivity index (χ4v) is 4.12. The van der Waals surface area contributed by atoms with Crippen LogP contribution in [0.3, 0.4) is 0 Å². The minimum Gasteiger partial charge on any atom is -0.481 e. The second-order valence-electron chi connectivity index (χ2n) is 7.58. The first-order valence-electron chi connectivity index (χ1n) is 9.73. The lowest BCUT2D eigenvalue weighted by atomic mass is 10.1. The van der Waals surface area contributed by atoms with Crippen molar-refractivity contribution >= 4 is 38.3 Å². The SMILES string of the molecule is O=C(O)C1(COc2ncc(-c3ccc(Nc4nc5ccc(F)cc5s4)cc3F)cn2)CC1. The van der Waals surface area contributed by atoms with Crippen molar-refractivity contribution in [3.8, 4) is 17.1 Å². The number of halogens is 2. The summed E-state index contributed by atoms with van der Waals surface area (Å²) in [6.07, 6.45) is 3.99. The number of benzene rings is 2. The number of nitrogens with zero attached hydrogens (tertiary/aromatic N) is 3. The molecule has 10 heteroatoms. The molecule has 7 nitrogen and oxygen atoms in total. The second-order valence-corrected chi connectivity index (χ2v) is 8.61. The third-order valence-corrected chi connectivity index (χ3v) is 6.23. The number of carboxylic acids is 1. The highest BCUT2D eigenvalue weighted by Gasteiger charge is 2.51. The molecule has 32 heavy (non-hydrogen) atoms. The molecule has 0 atom stereocenters. The van der Waals surface area contributed by atoms with Gasteiger partial charge in [-0.15, -0.1) is 0 Å². The van der Waals surface area contributed by atoms with Crippen LogP contribution in [0.15, 0.2) is 48.8 Å². The third kappa shape index (κ3) is 3.96. The van der Waals surface area contributed by atoms with Crippen molar-refractivity contribution in [1.29, 1.82) is 0 Å². The third-order valence-electron chi connectivity index (χ3n) is 5.29. The van der Waals surface area contributed by atoms with Gasteiger partial charge in [0.2, 0.25) is 0 Å². The lowest BCUT2D eigenvalue weighted by Gasteiger charge is -2.11. The number of ether oxygens (including phenoxy) is 1. The number of nitrogens with one attached hydrogen (secondary N) is 1. The smallest absolute Gasteiger partial charge is 0.316 e. The summed E-state index contributed by atoms with van der Waals surface area (Å²) in [7, 11) is 0. The number of aliphatic carboxylic acids is 1.